The monoisotopic (exact) mass is 250 g/mol. The third kappa shape index (κ3) is 3.19. The summed E-state index contributed by atoms with van der Waals surface area (Å²) in [5.41, 5.74) is 0.927. The molecule has 6 heteroatoms. The first-order valence-electron chi connectivity index (χ1n) is 5.81. The van der Waals surface area contributed by atoms with Crippen LogP contribution in [0.25, 0.3) is 0 Å². The molecule has 18 heavy (non-hydrogen) atoms. The average Bonchev–Trinajstić information content (AvgIpc) is 2.89. The molecule has 0 saturated carbocycles. The molecule has 0 bridgehead atoms. The lowest BCUT2D eigenvalue weighted by Gasteiger charge is -2.07. The first-order valence-corrected chi connectivity index (χ1v) is 5.81. The smallest absolute Gasteiger partial charge is 0.224 e. The zero-order chi connectivity index (χ0) is 12.8. The highest BCUT2D eigenvalue weighted by molar-refractivity contribution is 5.41. The zero-order valence-electron chi connectivity index (χ0n) is 10.1. The molecule has 2 rings (SSSR count). The van der Waals surface area contributed by atoms with Gasteiger partial charge in [-0.15, -0.1) is 0 Å². The van der Waals surface area contributed by atoms with Gasteiger partial charge in [0, 0.05) is 18.7 Å². The minimum absolute atomic E-state index is 0.185. The second-order valence-electron chi connectivity index (χ2n) is 3.80. The van der Waals surface area contributed by atoms with Gasteiger partial charge in [0.25, 0.3) is 0 Å². The van der Waals surface area contributed by atoms with Crippen molar-refractivity contribution in [1.29, 1.82) is 0 Å². The maximum atomic E-state index is 13.5. The van der Waals surface area contributed by atoms with Crippen molar-refractivity contribution in [2.24, 2.45) is 0 Å². The molecular weight excluding hydrogens is 235 g/mol. The maximum Gasteiger partial charge on any atom is 0.224 e. The van der Waals surface area contributed by atoms with Gasteiger partial charge in [0.15, 0.2) is 11.6 Å². The summed E-state index contributed by atoms with van der Waals surface area (Å²) < 4.78 is 18.4. The number of aromatic nitrogens is 2. The van der Waals surface area contributed by atoms with E-state index in [0.717, 1.165) is 24.7 Å². The molecule has 0 radical (unpaired) electrons. The Morgan fingerprint density at radius 2 is 2.28 bits per heavy atom. The summed E-state index contributed by atoms with van der Waals surface area (Å²) in [5, 5.41) is 5.91. The second-order valence-corrected chi connectivity index (χ2v) is 3.80. The predicted molar refractivity (Wildman–Crippen MR) is 66.8 cm³/mol. The SMILES string of the molecule is CCCNc1ncc(F)c(NCc2ccoc2)n1. The van der Waals surface area contributed by atoms with E-state index in [-0.39, 0.29) is 5.82 Å². The second kappa shape index (κ2) is 6.00. The van der Waals surface area contributed by atoms with E-state index in [4.69, 9.17) is 4.42 Å². The van der Waals surface area contributed by atoms with Gasteiger partial charge in [0.2, 0.25) is 5.95 Å². The summed E-state index contributed by atoms with van der Waals surface area (Å²) in [5.74, 6) is 0.137. The van der Waals surface area contributed by atoms with Crippen molar-refractivity contribution in [1.82, 2.24) is 9.97 Å². The highest BCUT2D eigenvalue weighted by atomic mass is 19.1. The van der Waals surface area contributed by atoms with Gasteiger partial charge >= 0.3 is 0 Å². The molecule has 2 aromatic heterocycles. The van der Waals surface area contributed by atoms with Crippen molar-refractivity contribution in [2.75, 3.05) is 17.2 Å². The number of furan rings is 1. The Labute approximate surface area is 104 Å². The normalized spacial score (nSPS) is 10.3. The van der Waals surface area contributed by atoms with E-state index in [2.05, 4.69) is 20.6 Å². The van der Waals surface area contributed by atoms with Crippen molar-refractivity contribution >= 4 is 11.8 Å². The molecule has 96 valence electrons. The molecule has 5 nitrogen and oxygen atoms in total. The number of halogens is 1. The summed E-state index contributed by atoms with van der Waals surface area (Å²) in [6.45, 7) is 3.25. The Kier molecular flexibility index (Phi) is 4.11. The molecule has 0 saturated heterocycles. The highest BCUT2D eigenvalue weighted by Crippen LogP contribution is 2.13. The van der Waals surface area contributed by atoms with E-state index in [9.17, 15) is 4.39 Å². The van der Waals surface area contributed by atoms with Crippen LogP contribution in [0, 0.1) is 5.82 Å². The van der Waals surface area contributed by atoms with E-state index in [0.29, 0.717) is 12.5 Å². The van der Waals surface area contributed by atoms with Crippen molar-refractivity contribution in [3.63, 3.8) is 0 Å². The van der Waals surface area contributed by atoms with Gasteiger partial charge in [-0.1, -0.05) is 6.92 Å². The summed E-state index contributed by atoms with van der Waals surface area (Å²) >= 11 is 0. The van der Waals surface area contributed by atoms with Gasteiger partial charge in [0.05, 0.1) is 18.7 Å². The van der Waals surface area contributed by atoms with Crippen molar-refractivity contribution in [3.05, 3.63) is 36.2 Å². The molecule has 0 aliphatic rings. The Morgan fingerprint density at radius 1 is 1.39 bits per heavy atom. The van der Waals surface area contributed by atoms with Gasteiger partial charge in [0.1, 0.15) is 0 Å². The van der Waals surface area contributed by atoms with E-state index >= 15 is 0 Å². The summed E-state index contributed by atoms with van der Waals surface area (Å²) in [4.78, 5) is 7.94. The fourth-order valence-electron chi connectivity index (χ4n) is 1.39. The Hall–Kier alpha value is -2.11. The molecule has 2 heterocycles. The van der Waals surface area contributed by atoms with Crippen LogP contribution in [0.3, 0.4) is 0 Å². The quantitative estimate of drug-likeness (QED) is 0.825. The van der Waals surface area contributed by atoms with Crippen LogP contribution in [-0.4, -0.2) is 16.5 Å². The molecular formula is C12H15FN4O. The van der Waals surface area contributed by atoms with E-state index in [1.54, 1.807) is 12.5 Å². The molecule has 0 fully saturated rings. The van der Waals surface area contributed by atoms with Crippen LogP contribution in [0.1, 0.15) is 18.9 Å². The number of hydrogen-bond acceptors (Lipinski definition) is 5. The summed E-state index contributed by atoms with van der Waals surface area (Å²) in [6, 6.07) is 1.81. The van der Waals surface area contributed by atoms with Gasteiger partial charge in [-0.3, -0.25) is 0 Å². The Balaban J connectivity index is 2.01. The molecule has 2 aromatic rings. The predicted octanol–water partition coefficient (Wildman–Crippen LogP) is 2.64. The maximum absolute atomic E-state index is 13.5. The summed E-state index contributed by atoms with van der Waals surface area (Å²) in [7, 11) is 0. The van der Waals surface area contributed by atoms with Crippen LogP contribution in [0.15, 0.2) is 29.2 Å². The summed E-state index contributed by atoms with van der Waals surface area (Å²) in [6.07, 6.45) is 5.28. The first-order chi connectivity index (χ1) is 8.79. The number of rotatable bonds is 6. The van der Waals surface area contributed by atoms with Gasteiger partial charge in [-0.2, -0.15) is 4.98 Å². The van der Waals surface area contributed by atoms with Gasteiger partial charge < -0.3 is 15.1 Å². The third-order valence-electron chi connectivity index (χ3n) is 2.32. The van der Waals surface area contributed by atoms with Crippen LogP contribution < -0.4 is 10.6 Å². The number of nitrogens with zero attached hydrogens (tertiary/aromatic N) is 2. The first kappa shape index (κ1) is 12.3. The number of nitrogens with one attached hydrogen (secondary N) is 2. The Morgan fingerprint density at radius 3 is 3.00 bits per heavy atom. The minimum Gasteiger partial charge on any atom is -0.472 e. The van der Waals surface area contributed by atoms with E-state index < -0.39 is 5.82 Å². The molecule has 0 atom stereocenters. The highest BCUT2D eigenvalue weighted by Gasteiger charge is 2.06. The van der Waals surface area contributed by atoms with Gasteiger partial charge in [-0.05, 0) is 12.5 Å². The van der Waals surface area contributed by atoms with Crippen molar-refractivity contribution in [3.8, 4) is 0 Å². The Bertz CT molecular complexity index is 487. The van der Waals surface area contributed by atoms with Crippen molar-refractivity contribution < 1.29 is 8.81 Å². The molecule has 0 amide bonds. The van der Waals surface area contributed by atoms with Crippen LogP contribution in [-0.2, 0) is 6.54 Å². The van der Waals surface area contributed by atoms with Crippen LogP contribution in [0.4, 0.5) is 16.2 Å². The van der Waals surface area contributed by atoms with Crippen LogP contribution in [0.5, 0.6) is 0 Å². The molecule has 0 aliphatic heterocycles. The fraction of sp³-hybridized carbons (Fsp3) is 0.333. The average molecular weight is 250 g/mol. The fourth-order valence-corrected chi connectivity index (χ4v) is 1.39. The molecule has 2 N–H and O–H groups in total. The van der Waals surface area contributed by atoms with Crippen molar-refractivity contribution in [2.45, 2.75) is 19.9 Å². The topological polar surface area (TPSA) is 63.0 Å². The zero-order valence-corrected chi connectivity index (χ0v) is 10.1. The molecule has 0 aliphatic carbocycles. The lowest BCUT2D eigenvalue weighted by atomic mass is 10.3. The largest absolute Gasteiger partial charge is 0.472 e. The number of anilines is 2. The lowest BCUT2D eigenvalue weighted by Crippen LogP contribution is -2.09. The van der Waals surface area contributed by atoms with E-state index in [1.165, 1.54) is 0 Å². The number of hydrogen-bond donors (Lipinski definition) is 2. The minimum atomic E-state index is -0.472. The van der Waals surface area contributed by atoms with Gasteiger partial charge in [-0.25, -0.2) is 9.37 Å². The van der Waals surface area contributed by atoms with Crippen LogP contribution >= 0.6 is 0 Å². The third-order valence-corrected chi connectivity index (χ3v) is 2.32. The standard InChI is InChI=1S/C12H15FN4O/c1-2-4-14-12-16-7-10(13)11(17-12)15-6-9-3-5-18-8-9/h3,5,7-8H,2,4,6H2,1H3,(H2,14,15,16,17). The van der Waals surface area contributed by atoms with Crippen LogP contribution in [0.2, 0.25) is 0 Å². The lowest BCUT2D eigenvalue weighted by molar-refractivity contribution is 0.564. The molecule has 0 spiro atoms. The molecule has 0 unspecified atom stereocenters. The van der Waals surface area contributed by atoms with E-state index in [1.807, 2.05) is 13.0 Å². The molecule has 0 aromatic carbocycles.